The second-order valence-corrected chi connectivity index (χ2v) is 7.86. The molecular formula is C25H28BrN3O. The molecule has 0 spiro atoms. The number of nitrogens with zero attached hydrogens (tertiary/aromatic N) is 2. The van der Waals surface area contributed by atoms with Crippen molar-refractivity contribution in [2.24, 2.45) is 4.99 Å². The molecule has 0 amide bonds. The van der Waals surface area contributed by atoms with Crippen LogP contribution in [0.25, 0.3) is 0 Å². The fraction of sp³-hybridized carbons (Fsp3) is 0.280. The average Bonchev–Trinajstić information content (AvgIpc) is 2.79. The molecule has 156 valence electrons. The van der Waals surface area contributed by atoms with E-state index >= 15 is 0 Å². The van der Waals surface area contributed by atoms with E-state index in [0.717, 1.165) is 57.8 Å². The maximum absolute atomic E-state index is 5.68. The molecule has 0 radical (unpaired) electrons. The summed E-state index contributed by atoms with van der Waals surface area (Å²) in [5, 5.41) is 3.42. The van der Waals surface area contributed by atoms with E-state index in [4.69, 9.17) is 9.73 Å². The van der Waals surface area contributed by atoms with E-state index in [1.807, 2.05) is 49.5 Å². The lowest BCUT2D eigenvalue weighted by Gasteiger charge is -2.18. The smallest absolute Gasteiger partial charge is 0.140 e. The molecule has 0 saturated carbocycles. The Labute approximate surface area is 187 Å². The molecule has 0 aliphatic heterocycles. The zero-order valence-corrected chi connectivity index (χ0v) is 19.3. The van der Waals surface area contributed by atoms with E-state index in [1.54, 1.807) is 7.11 Å². The SMILES string of the molecule is CCCCNc1ncc(N=C(c2ccccc2)c2ccccc2)c(C(C)OC)c1Br. The summed E-state index contributed by atoms with van der Waals surface area (Å²) in [5.74, 6) is 0.822. The van der Waals surface area contributed by atoms with Crippen molar-refractivity contribution in [3.63, 3.8) is 0 Å². The zero-order chi connectivity index (χ0) is 21.3. The van der Waals surface area contributed by atoms with Gasteiger partial charge in [0.05, 0.1) is 28.2 Å². The van der Waals surface area contributed by atoms with Crippen LogP contribution in [0.3, 0.4) is 0 Å². The van der Waals surface area contributed by atoms with Crippen molar-refractivity contribution in [3.8, 4) is 0 Å². The molecular weight excluding hydrogens is 438 g/mol. The van der Waals surface area contributed by atoms with Crippen LogP contribution in [0, 0.1) is 0 Å². The van der Waals surface area contributed by atoms with E-state index in [-0.39, 0.29) is 6.10 Å². The second kappa shape index (κ2) is 11.0. The molecule has 1 aromatic heterocycles. The minimum Gasteiger partial charge on any atom is -0.377 e. The van der Waals surface area contributed by atoms with Crippen molar-refractivity contribution < 1.29 is 4.74 Å². The van der Waals surface area contributed by atoms with Crippen molar-refractivity contribution in [2.45, 2.75) is 32.8 Å². The first-order valence-electron chi connectivity index (χ1n) is 10.3. The van der Waals surface area contributed by atoms with Crippen LogP contribution in [0.4, 0.5) is 11.5 Å². The summed E-state index contributed by atoms with van der Waals surface area (Å²) < 4.78 is 6.57. The van der Waals surface area contributed by atoms with Crippen molar-refractivity contribution >= 4 is 33.1 Å². The van der Waals surface area contributed by atoms with Crippen LogP contribution in [-0.2, 0) is 4.74 Å². The number of unbranched alkanes of at least 4 members (excludes halogenated alkanes) is 1. The van der Waals surface area contributed by atoms with E-state index < -0.39 is 0 Å². The first-order chi connectivity index (χ1) is 14.7. The Morgan fingerprint density at radius 2 is 1.67 bits per heavy atom. The Bertz CT molecular complexity index is 933. The molecule has 1 N–H and O–H groups in total. The lowest BCUT2D eigenvalue weighted by molar-refractivity contribution is 0.119. The Morgan fingerprint density at radius 1 is 1.07 bits per heavy atom. The molecule has 0 saturated heterocycles. The third kappa shape index (κ3) is 5.35. The van der Waals surface area contributed by atoms with Crippen LogP contribution in [0.2, 0.25) is 0 Å². The quantitative estimate of drug-likeness (QED) is 0.275. The van der Waals surface area contributed by atoms with Gasteiger partial charge < -0.3 is 10.1 Å². The van der Waals surface area contributed by atoms with Crippen LogP contribution in [-0.4, -0.2) is 24.4 Å². The topological polar surface area (TPSA) is 46.5 Å². The third-order valence-corrected chi connectivity index (χ3v) is 5.75. The standard InChI is InChI=1S/C25H28BrN3O/c1-4-5-16-27-25-23(26)22(18(2)30-3)21(17-28-25)29-24(19-12-8-6-9-13-19)20-14-10-7-11-15-20/h6-15,17-18H,4-5,16H2,1-3H3,(H,27,28). The zero-order valence-electron chi connectivity index (χ0n) is 17.7. The van der Waals surface area contributed by atoms with E-state index in [2.05, 4.69) is 57.4 Å². The molecule has 2 aromatic carbocycles. The molecule has 0 aliphatic rings. The van der Waals surface area contributed by atoms with Gasteiger partial charge in [0, 0.05) is 30.3 Å². The number of aromatic nitrogens is 1. The van der Waals surface area contributed by atoms with Crippen molar-refractivity contribution in [2.75, 3.05) is 19.0 Å². The maximum Gasteiger partial charge on any atom is 0.140 e. The highest BCUT2D eigenvalue weighted by Crippen LogP contribution is 2.38. The second-order valence-electron chi connectivity index (χ2n) is 7.07. The summed E-state index contributed by atoms with van der Waals surface area (Å²) in [5.41, 5.74) is 4.79. The van der Waals surface area contributed by atoms with E-state index in [9.17, 15) is 0 Å². The minimum absolute atomic E-state index is 0.138. The lowest BCUT2D eigenvalue weighted by atomic mass is 10.0. The van der Waals surface area contributed by atoms with Gasteiger partial charge in [-0.1, -0.05) is 74.0 Å². The van der Waals surface area contributed by atoms with Gasteiger partial charge in [-0.25, -0.2) is 9.98 Å². The molecule has 0 aliphatic carbocycles. The Morgan fingerprint density at radius 3 is 2.20 bits per heavy atom. The number of halogens is 1. The van der Waals surface area contributed by atoms with Crippen LogP contribution in [0.1, 0.15) is 49.5 Å². The summed E-state index contributed by atoms with van der Waals surface area (Å²) >= 11 is 3.75. The Balaban J connectivity index is 2.13. The molecule has 3 rings (SSSR count). The van der Waals surface area contributed by atoms with Gasteiger partial charge in [-0.2, -0.15) is 0 Å². The highest BCUT2D eigenvalue weighted by molar-refractivity contribution is 9.10. The van der Waals surface area contributed by atoms with Crippen LogP contribution in [0.15, 0.2) is 76.3 Å². The molecule has 5 heteroatoms. The van der Waals surface area contributed by atoms with Crippen LogP contribution < -0.4 is 5.32 Å². The Hall–Kier alpha value is -2.50. The number of benzene rings is 2. The summed E-state index contributed by atoms with van der Waals surface area (Å²) in [6.07, 6.45) is 3.91. The van der Waals surface area contributed by atoms with Crippen LogP contribution in [0.5, 0.6) is 0 Å². The predicted molar refractivity (Wildman–Crippen MR) is 129 cm³/mol. The number of hydrogen-bond acceptors (Lipinski definition) is 4. The van der Waals surface area contributed by atoms with Crippen molar-refractivity contribution in [1.29, 1.82) is 0 Å². The summed E-state index contributed by atoms with van der Waals surface area (Å²) in [7, 11) is 1.71. The van der Waals surface area contributed by atoms with Crippen LogP contribution >= 0.6 is 15.9 Å². The average molecular weight is 466 g/mol. The van der Waals surface area contributed by atoms with Gasteiger partial charge in [-0.05, 0) is 29.3 Å². The largest absolute Gasteiger partial charge is 0.377 e. The highest BCUT2D eigenvalue weighted by atomic mass is 79.9. The van der Waals surface area contributed by atoms with Gasteiger partial charge in [0.25, 0.3) is 0 Å². The number of ether oxygens (including phenoxy) is 1. The number of rotatable bonds is 9. The minimum atomic E-state index is -0.138. The summed E-state index contributed by atoms with van der Waals surface area (Å²) in [6, 6.07) is 20.5. The number of anilines is 1. The van der Waals surface area contributed by atoms with Gasteiger partial charge in [-0.3, -0.25) is 0 Å². The number of aliphatic imine (C=N–C) groups is 1. The number of pyridine rings is 1. The van der Waals surface area contributed by atoms with Crippen molar-refractivity contribution in [3.05, 3.63) is 88.0 Å². The number of nitrogens with one attached hydrogen (secondary N) is 1. The van der Waals surface area contributed by atoms with Gasteiger partial charge in [0.1, 0.15) is 5.82 Å². The first kappa shape index (κ1) is 22.2. The molecule has 1 unspecified atom stereocenters. The van der Waals surface area contributed by atoms with Crippen molar-refractivity contribution in [1.82, 2.24) is 4.98 Å². The Kier molecular flexibility index (Phi) is 8.17. The lowest BCUT2D eigenvalue weighted by Crippen LogP contribution is -2.08. The van der Waals surface area contributed by atoms with Gasteiger partial charge >= 0.3 is 0 Å². The first-order valence-corrected chi connectivity index (χ1v) is 11.1. The molecule has 30 heavy (non-hydrogen) atoms. The number of hydrogen-bond donors (Lipinski definition) is 1. The fourth-order valence-corrected chi connectivity index (χ4v) is 3.97. The van der Waals surface area contributed by atoms with E-state index in [0.29, 0.717) is 0 Å². The molecule has 1 atom stereocenters. The number of methoxy groups -OCH3 is 1. The molecule has 0 fully saturated rings. The third-order valence-electron chi connectivity index (χ3n) is 4.95. The van der Waals surface area contributed by atoms with Gasteiger partial charge in [-0.15, -0.1) is 0 Å². The van der Waals surface area contributed by atoms with E-state index in [1.165, 1.54) is 0 Å². The maximum atomic E-state index is 5.68. The monoisotopic (exact) mass is 465 g/mol. The molecule has 3 aromatic rings. The summed E-state index contributed by atoms with van der Waals surface area (Å²) in [4.78, 5) is 9.73. The predicted octanol–water partition coefficient (Wildman–Crippen LogP) is 6.93. The summed E-state index contributed by atoms with van der Waals surface area (Å²) in [6.45, 7) is 5.08. The molecule has 0 bridgehead atoms. The molecule has 4 nitrogen and oxygen atoms in total. The normalized spacial score (nSPS) is 11.7. The van der Waals surface area contributed by atoms with Gasteiger partial charge in [0.2, 0.25) is 0 Å². The molecule has 1 heterocycles. The highest BCUT2D eigenvalue weighted by Gasteiger charge is 2.19. The fourth-order valence-electron chi connectivity index (χ4n) is 3.20. The van der Waals surface area contributed by atoms with Gasteiger partial charge in [0.15, 0.2) is 0 Å².